The molecule has 1 aromatic rings. The van der Waals surface area contributed by atoms with Gasteiger partial charge in [-0.2, -0.15) is 13.2 Å². The van der Waals surface area contributed by atoms with Crippen molar-refractivity contribution in [2.24, 2.45) is 0 Å². The van der Waals surface area contributed by atoms with Gasteiger partial charge in [-0.1, -0.05) is 19.1 Å². The van der Waals surface area contributed by atoms with Crippen LogP contribution in [-0.2, 0) is 11.2 Å². The zero-order valence-electron chi connectivity index (χ0n) is 14.2. The molecule has 1 atom stereocenters. The summed E-state index contributed by atoms with van der Waals surface area (Å²) < 4.78 is 45.0. The van der Waals surface area contributed by atoms with Gasteiger partial charge in [-0.3, -0.25) is 9.69 Å². The average Bonchev–Trinajstić information content (AvgIpc) is 2.60. The summed E-state index contributed by atoms with van der Waals surface area (Å²) in [5, 5.41) is 5.35. The van der Waals surface area contributed by atoms with Crippen LogP contribution in [0.25, 0.3) is 0 Å². The normalized spacial score (nSPS) is 17.1. The van der Waals surface area contributed by atoms with E-state index in [1.165, 1.54) is 4.90 Å². The highest BCUT2D eigenvalue weighted by atomic mass is 19.4. The van der Waals surface area contributed by atoms with Crippen LogP contribution in [0.3, 0.4) is 0 Å². The summed E-state index contributed by atoms with van der Waals surface area (Å²) in [5.41, 5.74) is 1.14. The van der Waals surface area contributed by atoms with E-state index in [0.717, 1.165) is 12.0 Å². The second kappa shape index (κ2) is 9.05. The van der Waals surface area contributed by atoms with E-state index in [4.69, 9.17) is 4.74 Å². The number of ether oxygens (including phenoxy) is 1. The van der Waals surface area contributed by atoms with Crippen LogP contribution < -0.4 is 15.4 Å². The lowest BCUT2D eigenvalue weighted by molar-refractivity contribution is -0.184. The van der Waals surface area contributed by atoms with Crippen molar-refractivity contribution in [3.63, 3.8) is 0 Å². The van der Waals surface area contributed by atoms with E-state index >= 15 is 0 Å². The number of benzene rings is 1. The number of hydrogen-bond donors (Lipinski definition) is 2. The summed E-state index contributed by atoms with van der Waals surface area (Å²) in [6, 6.07) is 5.58. The Labute approximate surface area is 145 Å². The number of nitrogens with zero attached hydrogens (tertiary/aromatic N) is 1. The van der Waals surface area contributed by atoms with E-state index in [1.54, 1.807) is 12.1 Å². The summed E-state index contributed by atoms with van der Waals surface area (Å²) in [4.78, 5) is 13.2. The highest BCUT2D eigenvalue weighted by Gasteiger charge is 2.43. The van der Waals surface area contributed by atoms with Crippen LogP contribution in [0.4, 0.5) is 13.2 Å². The van der Waals surface area contributed by atoms with Crippen LogP contribution in [0.1, 0.15) is 12.5 Å². The Hall–Kier alpha value is -1.80. The van der Waals surface area contributed by atoms with Crippen molar-refractivity contribution >= 4 is 5.91 Å². The second-order valence-corrected chi connectivity index (χ2v) is 5.93. The van der Waals surface area contributed by atoms with Crippen LogP contribution in [-0.4, -0.2) is 62.4 Å². The molecule has 1 saturated heterocycles. The van der Waals surface area contributed by atoms with Crippen molar-refractivity contribution in [1.29, 1.82) is 0 Å². The van der Waals surface area contributed by atoms with Crippen molar-refractivity contribution in [1.82, 2.24) is 15.5 Å². The van der Waals surface area contributed by atoms with Gasteiger partial charge in [0.2, 0.25) is 0 Å². The predicted octanol–water partition coefficient (Wildman–Crippen LogP) is 1.58. The molecule has 1 fully saturated rings. The molecule has 0 aliphatic carbocycles. The van der Waals surface area contributed by atoms with Crippen LogP contribution in [0, 0.1) is 0 Å². The number of alkyl halides is 3. The lowest BCUT2D eigenvalue weighted by Gasteiger charge is -2.35. The van der Waals surface area contributed by atoms with Gasteiger partial charge in [0.05, 0.1) is 0 Å². The first-order chi connectivity index (χ1) is 11.9. The average molecular weight is 359 g/mol. The van der Waals surface area contributed by atoms with E-state index in [-0.39, 0.29) is 6.61 Å². The zero-order chi connectivity index (χ0) is 18.3. The van der Waals surface area contributed by atoms with Crippen molar-refractivity contribution in [2.75, 3.05) is 39.3 Å². The molecule has 140 valence electrons. The highest BCUT2D eigenvalue weighted by molar-refractivity contribution is 5.77. The predicted molar refractivity (Wildman–Crippen MR) is 88.6 cm³/mol. The van der Waals surface area contributed by atoms with Gasteiger partial charge in [0.25, 0.3) is 5.91 Å². The third kappa shape index (κ3) is 6.21. The Kier molecular flexibility index (Phi) is 7.07. The largest absolute Gasteiger partial charge is 0.484 e. The molecular formula is C17H24F3N3O2. The number of rotatable bonds is 7. The first-order valence-electron chi connectivity index (χ1n) is 8.40. The van der Waals surface area contributed by atoms with E-state index in [1.807, 2.05) is 19.1 Å². The summed E-state index contributed by atoms with van der Waals surface area (Å²) in [7, 11) is 0. The van der Waals surface area contributed by atoms with Gasteiger partial charge >= 0.3 is 6.18 Å². The maximum atomic E-state index is 13.2. The molecule has 2 rings (SSSR count). The summed E-state index contributed by atoms with van der Waals surface area (Å²) >= 11 is 0. The molecule has 2 N–H and O–H groups in total. The lowest BCUT2D eigenvalue weighted by atomic mass is 10.2. The van der Waals surface area contributed by atoms with Crippen molar-refractivity contribution < 1.29 is 22.7 Å². The van der Waals surface area contributed by atoms with E-state index < -0.39 is 24.7 Å². The molecule has 1 aliphatic heterocycles. The van der Waals surface area contributed by atoms with Gasteiger partial charge in [-0.05, 0) is 24.1 Å². The molecule has 0 spiro atoms. The number of hydrogen-bond acceptors (Lipinski definition) is 4. The summed E-state index contributed by atoms with van der Waals surface area (Å²) in [6.07, 6.45) is -3.49. The molecule has 1 unspecified atom stereocenters. The maximum absolute atomic E-state index is 13.2. The van der Waals surface area contributed by atoms with Gasteiger partial charge in [-0.25, -0.2) is 0 Å². The van der Waals surface area contributed by atoms with E-state index in [2.05, 4.69) is 10.6 Å². The van der Waals surface area contributed by atoms with Gasteiger partial charge in [-0.15, -0.1) is 0 Å². The van der Waals surface area contributed by atoms with Gasteiger partial charge in [0, 0.05) is 32.7 Å². The highest BCUT2D eigenvalue weighted by Crippen LogP contribution is 2.24. The van der Waals surface area contributed by atoms with Crippen LogP contribution in [0.15, 0.2) is 24.3 Å². The topological polar surface area (TPSA) is 53.6 Å². The Bertz CT molecular complexity index is 543. The number of halogens is 3. The third-order valence-electron chi connectivity index (χ3n) is 4.16. The van der Waals surface area contributed by atoms with Crippen molar-refractivity contribution in [3.05, 3.63) is 29.8 Å². The molecule has 0 saturated carbocycles. The molecule has 8 heteroatoms. The summed E-state index contributed by atoms with van der Waals surface area (Å²) in [6.45, 7) is 2.88. The Morgan fingerprint density at radius 2 is 1.92 bits per heavy atom. The minimum absolute atomic E-state index is 0.306. The SMILES string of the molecule is CCc1ccc(OCC(=O)NCC(N2CCNCC2)C(F)(F)F)cc1. The second-order valence-electron chi connectivity index (χ2n) is 5.93. The fraction of sp³-hybridized carbons (Fsp3) is 0.588. The minimum atomic E-state index is -4.39. The lowest BCUT2D eigenvalue weighted by Crippen LogP contribution is -2.57. The molecule has 0 radical (unpaired) electrons. The number of aryl methyl sites for hydroxylation is 1. The number of carbonyl (C=O) groups excluding carboxylic acids is 1. The third-order valence-corrected chi connectivity index (χ3v) is 4.16. The van der Waals surface area contributed by atoms with Crippen LogP contribution >= 0.6 is 0 Å². The standard InChI is InChI=1S/C17H24F3N3O2/c1-2-13-3-5-14(6-4-13)25-12-16(24)22-11-15(17(18,19)20)23-9-7-21-8-10-23/h3-6,15,21H,2,7-12H2,1H3,(H,22,24). The molecule has 1 amide bonds. The molecule has 1 heterocycles. The molecule has 0 aromatic heterocycles. The molecule has 0 bridgehead atoms. The smallest absolute Gasteiger partial charge is 0.405 e. The zero-order valence-corrected chi connectivity index (χ0v) is 14.2. The van der Waals surface area contributed by atoms with Crippen LogP contribution in [0.2, 0.25) is 0 Å². The fourth-order valence-corrected chi connectivity index (χ4v) is 2.68. The maximum Gasteiger partial charge on any atom is 0.405 e. The van der Waals surface area contributed by atoms with Crippen molar-refractivity contribution in [3.8, 4) is 5.75 Å². The molecule has 5 nitrogen and oxygen atoms in total. The number of nitrogens with one attached hydrogen (secondary N) is 2. The van der Waals surface area contributed by atoms with Crippen LogP contribution in [0.5, 0.6) is 5.75 Å². The number of carbonyl (C=O) groups is 1. The Morgan fingerprint density at radius 1 is 1.28 bits per heavy atom. The van der Waals surface area contributed by atoms with E-state index in [9.17, 15) is 18.0 Å². The Balaban J connectivity index is 1.81. The van der Waals surface area contributed by atoms with Gasteiger partial charge < -0.3 is 15.4 Å². The van der Waals surface area contributed by atoms with E-state index in [0.29, 0.717) is 31.9 Å². The molecule has 1 aromatic carbocycles. The van der Waals surface area contributed by atoms with Gasteiger partial charge in [0.15, 0.2) is 6.61 Å². The van der Waals surface area contributed by atoms with Gasteiger partial charge in [0.1, 0.15) is 11.8 Å². The monoisotopic (exact) mass is 359 g/mol. The quantitative estimate of drug-likeness (QED) is 0.776. The first-order valence-corrected chi connectivity index (χ1v) is 8.40. The number of amides is 1. The first kappa shape index (κ1) is 19.5. The minimum Gasteiger partial charge on any atom is -0.484 e. The molecule has 25 heavy (non-hydrogen) atoms. The molecule has 1 aliphatic rings. The van der Waals surface area contributed by atoms with Crippen molar-refractivity contribution in [2.45, 2.75) is 25.6 Å². The summed E-state index contributed by atoms with van der Waals surface area (Å²) in [5.74, 6) is -0.0502. The fourth-order valence-electron chi connectivity index (χ4n) is 2.68. The Morgan fingerprint density at radius 3 is 2.48 bits per heavy atom. The molecular weight excluding hydrogens is 335 g/mol. The number of piperazine rings is 1.